The van der Waals surface area contributed by atoms with Crippen LogP contribution in [-0.2, 0) is 4.79 Å². The number of rotatable bonds is 3. The highest BCUT2D eigenvalue weighted by Gasteiger charge is 2.39. The van der Waals surface area contributed by atoms with Crippen LogP contribution in [-0.4, -0.2) is 23.2 Å². The number of hydrogen-bond donors (Lipinski definition) is 1. The monoisotopic (exact) mass is 261 g/mol. The summed E-state index contributed by atoms with van der Waals surface area (Å²) in [6.07, 6.45) is 1.21. The van der Waals surface area contributed by atoms with Gasteiger partial charge in [-0.05, 0) is 63.3 Å². The topological polar surface area (TPSA) is 40.5 Å². The first-order valence-electron chi connectivity index (χ1n) is 6.86. The predicted octanol–water partition coefficient (Wildman–Crippen LogP) is 3.38. The maximum atomic E-state index is 10.9. The predicted molar refractivity (Wildman–Crippen MR) is 77.7 cm³/mol. The van der Waals surface area contributed by atoms with Crippen LogP contribution in [0.4, 0.5) is 5.69 Å². The lowest BCUT2D eigenvalue weighted by atomic mass is 9.94. The first kappa shape index (κ1) is 13.9. The summed E-state index contributed by atoms with van der Waals surface area (Å²) in [4.78, 5) is 13.2. The molecule has 19 heavy (non-hydrogen) atoms. The van der Waals surface area contributed by atoms with Gasteiger partial charge >= 0.3 is 5.97 Å². The summed E-state index contributed by atoms with van der Waals surface area (Å²) in [6, 6.07) is 6.50. The molecule has 3 heteroatoms. The largest absolute Gasteiger partial charge is 0.481 e. The van der Waals surface area contributed by atoms with E-state index in [1.807, 2.05) is 0 Å². The third-order valence-corrected chi connectivity index (χ3v) is 4.23. The quantitative estimate of drug-likeness (QED) is 0.906. The van der Waals surface area contributed by atoms with Gasteiger partial charge in [0.1, 0.15) is 0 Å². The van der Waals surface area contributed by atoms with Crippen LogP contribution in [0.3, 0.4) is 0 Å². The molecule has 2 rings (SSSR count). The van der Waals surface area contributed by atoms with E-state index in [1.54, 1.807) is 0 Å². The molecule has 1 unspecified atom stereocenters. The van der Waals surface area contributed by atoms with Crippen molar-refractivity contribution in [1.82, 2.24) is 0 Å². The van der Waals surface area contributed by atoms with Crippen molar-refractivity contribution in [2.75, 3.05) is 11.4 Å². The van der Waals surface area contributed by atoms with Crippen LogP contribution in [0.15, 0.2) is 18.2 Å². The zero-order valence-electron chi connectivity index (χ0n) is 12.2. The summed E-state index contributed by atoms with van der Waals surface area (Å²) in [6.45, 7) is 9.47. The van der Waals surface area contributed by atoms with Crippen molar-refractivity contribution in [2.24, 2.45) is 5.92 Å². The van der Waals surface area contributed by atoms with Gasteiger partial charge in [-0.15, -0.1) is 0 Å². The van der Waals surface area contributed by atoms with Gasteiger partial charge in [0.25, 0.3) is 0 Å². The fraction of sp³-hybridized carbons (Fsp3) is 0.562. The molecule has 1 aromatic carbocycles. The number of anilines is 1. The fourth-order valence-corrected chi connectivity index (χ4v) is 3.12. The van der Waals surface area contributed by atoms with Crippen LogP contribution < -0.4 is 4.90 Å². The number of carboxylic acids is 1. The molecule has 0 aliphatic carbocycles. The van der Waals surface area contributed by atoms with Crippen LogP contribution >= 0.6 is 0 Å². The van der Waals surface area contributed by atoms with E-state index >= 15 is 0 Å². The van der Waals surface area contributed by atoms with E-state index in [1.165, 1.54) is 16.8 Å². The molecule has 1 aromatic rings. The molecule has 0 aromatic heterocycles. The minimum atomic E-state index is -0.692. The van der Waals surface area contributed by atoms with Crippen LogP contribution in [0, 0.1) is 19.8 Å². The lowest BCUT2D eigenvalue weighted by Crippen LogP contribution is -2.38. The molecule has 3 nitrogen and oxygen atoms in total. The van der Waals surface area contributed by atoms with E-state index in [0.29, 0.717) is 0 Å². The first-order chi connectivity index (χ1) is 8.79. The highest BCUT2D eigenvalue weighted by Crippen LogP contribution is 2.38. The van der Waals surface area contributed by atoms with Crippen molar-refractivity contribution >= 4 is 11.7 Å². The Labute approximate surface area is 115 Å². The van der Waals surface area contributed by atoms with Crippen LogP contribution in [0.25, 0.3) is 0 Å². The molecule has 1 aliphatic heterocycles. The molecule has 1 atom stereocenters. The minimum absolute atomic E-state index is 0.0296. The number of benzene rings is 1. The van der Waals surface area contributed by atoms with E-state index in [0.717, 1.165) is 13.0 Å². The molecule has 0 spiro atoms. The second-order valence-corrected chi connectivity index (χ2v) is 6.36. The van der Waals surface area contributed by atoms with Gasteiger partial charge in [0.2, 0.25) is 0 Å². The van der Waals surface area contributed by atoms with Gasteiger partial charge in [-0.2, -0.15) is 0 Å². The van der Waals surface area contributed by atoms with Crippen molar-refractivity contribution < 1.29 is 9.90 Å². The Balaban J connectivity index is 2.23. The molecular formula is C16H23NO2. The van der Waals surface area contributed by atoms with Crippen molar-refractivity contribution in [3.8, 4) is 0 Å². The van der Waals surface area contributed by atoms with Gasteiger partial charge < -0.3 is 10.0 Å². The molecule has 1 heterocycles. The Morgan fingerprint density at radius 3 is 2.63 bits per heavy atom. The third-order valence-electron chi connectivity index (χ3n) is 4.23. The van der Waals surface area contributed by atoms with Crippen molar-refractivity contribution in [3.05, 3.63) is 29.3 Å². The average Bonchev–Trinajstić information content (AvgIpc) is 2.56. The van der Waals surface area contributed by atoms with Gasteiger partial charge in [0.05, 0.1) is 0 Å². The normalized spacial score (nSPS) is 21.7. The molecule has 0 radical (unpaired) electrons. The third kappa shape index (κ3) is 2.91. The van der Waals surface area contributed by atoms with E-state index in [2.05, 4.69) is 50.8 Å². The van der Waals surface area contributed by atoms with E-state index in [-0.39, 0.29) is 17.9 Å². The van der Waals surface area contributed by atoms with Crippen LogP contribution in [0.1, 0.15) is 37.8 Å². The van der Waals surface area contributed by atoms with Crippen molar-refractivity contribution in [1.29, 1.82) is 0 Å². The van der Waals surface area contributed by atoms with Gasteiger partial charge in [0.15, 0.2) is 0 Å². The molecule has 0 amide bonds. The zero-order chi connectivity index (χ0) is 14.2. The number of nitrogens with zero attached hydrogens (tertiary/aromatic N) is 1. The molecule has 0 bridgehead atoms. The Hall–Kier alpha value is -1.51. The molecular weight excluding hydrogens is 238 g/mol. The lowest BCUT2D eigenvalue weighted by Gasteiger charge is -2.34. The summed E-state index contributed by atoms with van der Waals surface area (Å²) >= 11 is 0. The Morgan fingerprint density at radius 1 is 1.37 bits per heavy atom. The van der Waals surface area contributed by atoms with Crippen LogP contribution in [0.5, 0.6) is 0 Å². The Bertz CT molecular complexity index is 494. The van der Waals surface area contributed by atoms with Gasteiger partial charge in [-0.3, -0.25) is 4.79 Å². The highest BCUT2D eigenvalue weighted by atomic mass is 16.4. The van der Waals surface area contributed by atoms with Crippen LogP contribution in [0.2, 0.25) is 0 Å². The molecule has 0 saturated carbocycles. The van der Waals surface area contributed by atoms with E-state index in [9.17, 15) is 4.79 Å². The summed E-state index contributed by atoms with van der Waals surface area (Å²) in [7, 11) is 0. The average molecular weight is 261 g/mol. The minimum Gasteiger partial charge on any atom is -0.481 e. The van der Waals surface area contributed by atoms with Gasteiger partial charge in [-0.1, -0.05) is 6.07 Å². The Kier molecular flexibility index (Phi) is 3.57. The second-order valence-electron chi connectivity index (χ2n) is 6.36. The van der Waals surface area contributed by atoms with Crippen molar-refractivity contribution in [2.45, 2.75) is 46.1 Å². The molecule has 1 N–H and O–H groups in total. The summed E-state index contributed by atoms with van der Waals surface area (Å²) < 4.78 is 0. The maximum absolute atomic E-state index is 10.9. The van der Waals surface area contributed by atoms with E-state index in [4.69, 9.17) is 5.11 Å². The van der Waals surface area contributed by atoms with E-state index < -0.39 is 5.97 Å². The maximum Gasteiger partial charge on any atom is 0.303 e. The number of aryl methyl sites for hydroxylation is 2. The summed E-state index contributed by atoms with van der Waals surface area (Å²) in [5.74, 6) is -0.447. The highest BCUT2D eigenvalue weighted by molar-refractivity contribution is 5.67. The second kappa shape index (κ2) is 4.87. The number of hydrogen-bond acceptors (Lipinski definition) is 2. The molecule has 1 aliphatic rings. The number of carbonyl (C=O) groups is 1. The Morgan fingerprint density at radius 2 is 2.05 bits per heavy atom. The number of carboxylic acid groups (broad SMARTS) is 1. The smallest absolute Gasteiger partial charge is 0.303 e. The van der Waals surface area contributed by atoms with Gasteiger partial charge in [0, 0.05) is 24.2 Å². The molecule has 1 saturated heterocycles. The van der Waals surface area contributed by atoms with Gasteiger partial charge in [-0.25, -0.2) is 0 Å². The fourth-order valence-electron chi connectivity index (χ4n) is 3.12. The lowest BCUT2D eigenvalue weighted by molar-refractivity contribution is -0.137. The van der Waals surface area contributed by atoms with Crippen molar-refractivity contribution in [3.63, 3.8) is 0 Å². The number of aliphatic carboxylic acids is 1. The summed E-state index contributed by atoms with van der Waals surface area (Å²) in [5, 5.41) is 8.96. The SMILES string of the molecule is Cc1ccc(N2CC(CC(=O)O)CC2(C)C)cc1C. The first-order valence-corrected chi connectivity index (χ1v) is 6.86. The standard InChI is InChI=1S/C16H23NO2/c1-11-5-6-14(7-12(11)2)17-10-13(8-15(18)19)9-16(17,3)4/h5-7,13H,8-10H2,1-4H3,(H,18,19). The summed E-state index contributed by atoms with van der Waals surface area (Å²) in [5.41, 5.74) is 3.82. The zero-order valence-corrected chi connectivity index (χ0v) is 12.2. The molecule has 104 valence electrons. The molecule has 1 fully saturated rings.